The third-order valence-corrected chi connectivity index (χ3v) is 5.71. The van der Waals surface area contributed by atoms with Gasteiger partial charge in [0.1, 0.15) is 0 Å². The van der Waals surface area contributed by atoms with E-state index in [9.17, 15) is 13.2 Å². The number of aromatic nitrogens is 2. The number of anilines is 1. The lowest BCUT2D eigenvalue weighted by atomic mass is 10.2. The van der Waals surface area contributed by atoms with Crippen LogP contribution in [0.5, 0.6) is 0 Å². The summed E-state index contributed by atoms with van der Waals surface area (Å²) in [6, 6.07) is 14.9. The van der Waals surface area contributed by atoms with Crippen molar-refractivity contribution in [2.45, 2.75) is 17.7 Å². The summed E-state index contributed by atoms with van der Waals surface area (Å²) in [6.07, 6.45) is 0.194. The van der Waals surface area contributed by atoms with Gasteiger partial charge in [-0.15, -0.1) is 5.10 Å². The van der Waals surface area contributed by atoms with Gasteiger partial charge in [0.05, 0.1) is 10.6 Å². The van der Waals surface area contributed by atoms with E-state index in [2.05, 4.69) is 15.5 Å². The monoisotopic (exact) mass is 405 g/mol. The summed E-state index contributed by atoms with van der Waals surface area (Å²) in [4.78, 5) is 12.2. The number of benzene rings is 2. The zero-order valence-corrected chi connectivity index (χ0v) is 15.7. The number of carbonyl (C=O) groups excluding carboxylic acids is 1. The number of rotatable bonds is 7. The average molecular weight is 406 g/mol. The first-order valence-corrected chi connectivity index (χ1v) is 10.1. The van der Waals surface area contributed by atoms with E-state index in [0.717, 1.165) is 0 Å². The van der Waals surface area contributed by atoms with E-state index in [1.54, 1.807) is 42.5 Å². The van der Waals surface area contributed by atoms with Crippen molar-refractivity contribution in [3.05, 3.63) is 59.6 Å². The lowest BCUT2D eigenvalue weighted by Crippen LogP contribution is -2.14. The molecule has 9 heteroatoms. The highest BCUT2D eigenvalue weighted by atomic mass is 35.5. The van der Waals surface area contributed by atoms with Crippen LogP contribution in [-0.4, -0.2) is 30.3 Å². The van der Waals surface area contributed by atoms with Crippen LogP contribution in [0.15, 0.2) is 63.9 Å². The van der Waals surface area contributed by atoms with Crippen molar-refractivity contribution in [3.8, 4) is 11.5 Å². The fourth-order valence-electron chi connectivity index (χ4n) is 2.36. The second kappa shape index (κ2) is 8.32. The summed E-state index contributed by atoms with van der Waals surface area (Å²) < 4.78 is 29.7. The van der Waals surface area contributed by atoms with Crippen molar-refractivity contribution in [3.63, 3.8) is 0 Å². The fourth-order valence-corrected chi connectivity index (χ4v) is 3.88. The van der Waals surface area contributed by atoms with Crippen molar-refractivity contribution >= 4 is 33.4 Å². The minimum absolute atomic E-state index is 0.0148. The Labute approximate surface area is 161 Å². The van der Waals surface area contributed by atoms with Crippen molar-refractivity contribution < 1.29 is 17.6 Å². The topological polar surface area (TPSA) is 102 Å². The minimum Gasteiger partial charge on any atom is -0.403 e. The van der Waals surface area contributed by atoms with Crippen LogP contribution in [0.2, 0.25) is 5.02 Å². The van der Waals surface area contributed by atoms with Gasteiger partial charge in [-0.2, -0.15) is 0 Å². The minimum atomic E-state index is -3.41. The standard InChI is InChI=1S/C18H16ClN3O4S/c19-14-7-4-6-13(12-14)17-21-22-18(26-17)20-16(23)10-5-11-27(24,25)15-8-2-1-3-9-15/h1-4,6-9,12H,5,10-11H2,(H,20,22,23). The van der Waals surface area contributed by atoms with Crippen molar-refractivity contribution in [2.24, 2.45) is 0 Å². The summed E-state index contributed by atoms with van der Waals surface area (Å²) in [6.45, 7) is 0. The molecular formula is C18H16ClN3O4S. The molecule has 7 nitrogen and oxygen atoms in total. The summed E-state index contributed by atoms with van der Waals surface area (Å²) >= 11 is 5.92. The maximum absolute atomic E-state index is 12.2. The summed E-state index contributed by atoms with van der Waals surface area (Å²) in [5.41, 5.74) is 0.629. The Hall–Kier alpha value is -2.71. The predicted octanol–water partition coefficient (Wildman–Crippen LogP) is 3.58. The van der Waals surface area contributed by atoms with Gasteiger partial charge in [0.25, 0.3) is 0 Å². The SMILES string of the molecule is O=C(CCCS(=O)(=O)c1ccccc1)Nc1nnc(-c2cccc(Cl)c2)o1. The van der Waals surface area contributed by atoms with E-state index in [1.807, 2.05) is 0 Å². The summed E-state index contributed by atoms with van der Waals surface area (Å²) in [7, 11) is -3.41. The van der Waals surface area contributed by atoms with Crippen LogP contribution >= 0.6 is 11.6 Å². The number of nitrogens with one attached hydrogen (secondary N) is 1. The van der Waals surface area contributed by atoms with Gasteiger partial charge in [-0.1, -0.05) is 41.0 Å². The van der Waals surface area contributed by atoms with Gasteiger partial charge in [-0.3, -0.25) is 10.1 Å². The highest BCUT2D eigenvalue weighted by molar-refractivity contribution is 7.91. The van der Waals surface area contributed by atoms with E-state index < -0.39 is 15.7 Å². The Morgan fingerprint density at radius 2 is 1.85 bits per heavy atom. The molecule has 0 aliphatic carbocycles. The quantitative estimate of drug-likeness (QED) is 0.644. The zero-order valence-electron chi connectivity index (χ0n) is 14.1. The smallest absolute Gasteiger partial charge is 0.322 e. The molecular weight excluding hydrogens is 390 g/mol. The Kier molecular flexibility index (Phi) is 5.88. The van der Waals surface area contributed by atoms with Gasteiger partial charge in [0, 0.05) is 17.0 Å². The number of halogens is 1. The van der Waals surface area contributed by atoms with E-state index in [4.69, 9.17) is 16.0 Å². The molecule has 0 saturated carbocycles. The molecule has 1 aromatic heterocycles. The molecule has 0 atom stereocenters. The highest BCUT2D eigenvalue weighted by Gasteiger charge is 2.16. The molecule has 1 N–H and O–H groups in total. The van der Waals surface area contributed by atoms with Crippen LogP contribution < -0.4 is 5.32 Å². The van der Waals surface area contributed by atoms with E-state index in [1.165, 1.54) is 12.1 Å². The maximum Gasteiger partial charge on any atom is 0.322 e. The number of nitrogens with zero attached hydrogens (tertiary/aromatic N) is 2. The molecule has 0 aliphatic rings. The van der Waals surface area contributed by atoms with Crippen molar-refractivity contribution in [2.75, 3.05) is 11.1 Å². The lowest BCUT2D eigenvalue weighted by Gasteiger charge is -2.04. The van der Waals surface area contributed by atoms with Gasteiger partial charge in [0.2, 0.25) is 11.8 Å². The largest absolute Gasteiger partial charge is 0.403 e. The molecule has 0 saturated heterocycles. The van der Waals surface area contributed by atoms with Crippen molar-refractivity contribution in [1.29, 1.82) is 0 Å². The average Bonchev–Trinajstić information content (AvgIpc) is 3.11. The Balaban J connectivity index is 1.53. The Bertz CT molecular complexity index is 1040. The van der Waals surface area contributed by atoms with Crippen LogP contribution in [0.3, 0.4) is 0 Å². The molecule has 140 valence electrons. The molecule has 0 fully saturated rings. The summed E-state index contributed by atoms with van der Waals surface area (Å²) in [5, 5.41) is 10.6. The van der Waals surface area contributed by atoms with Gasteiger partial charge >= 0.3 is 6.01 Å². The first kappa shape index (κ1) is 19.1. The van der Waals surface area contributed by atoms with Gasteiger partial charge in [-0.05, 0) is 36.8 Å². The second-order valence-corrected chi connectivity index (χ2v) is 8.25. The molecule has 0 spiro atoms. The predicted molar refractivity (Wildman–Crippen MR) is 101 cm³/mol. The lowest BCUT2D eigenvalue weighted by molar-refractivity contribution is -0.116. The number of sulfone groups is 1. The van der Waals surface area contributed by atoms with Gasteiger partial charge in [0.15, 0.2) is 9.84 Å². The summed E-state index contributed by atoms with van der Waals surface area (Å²) in [5.74, 6) is -0.304. The maximum atomic E-state index is 12.2. The van der Waals surface area contributed by atoms with Crippen molar-refractivity contribution in [1.82, 2.24) is 10.2 Å². The van der Waals surface area contributed by atoms with E-state index in [0.29, 0.717) is 10.6 Å². The molecule has 0 aliphatic heterocycles. The third kappa shape index (κ3) is 5.15. The third-order valence-electron chi connectivity index (χ3n) is 3.66. The van der Waals surface area contributed by atoms with Crippen LogP contribution in [0.1, 0.15) is 12.8 Å². The number of hydrogen-bond acceptors (Lipinski definition) is 6. The zero-order chi connectivity index (χ0) is 19.3. The molecule has 0 unspecified atom stereocenters. The number of amides is 1. The Morgan fingerprint density at radius 1 is 1.07 bits per heavy atom. The van der Waals surface area contributed by atoms with Gasteiger partial charge in [-0.25, -0.2) is 8.42 Å². The second-order valence-electron chi connectivity index (χ2n) is 5.71. The van der Waals surface area contributed by atoms with E-state index >= 15 is 0 Å². The van der Waals surface area contributed by atoms with Gasteiger partial charge < -0.3 is 4.42 Å². The normalized spacial score (nSPS) is 11.3. The molecule has 2 aromatic carbocycles. The molecule has 1 amide bonds. The van der Waals surface area contributed by atoms with Crippen LogP contribution in [0, 0.1) is 0 Å². The first-order chi connectivity index (χ1) is 12.9. The molecule has 0 radical (unpaired) electrons. The van der Waals surface area contributed by atoms with Crippen LogP contribution in [0.25, 0.3) is 11.5 Å². The Morgan fingerprint density at radius 3 is 2.59 bits per heavy atom. The highest BCUT2D eigenvalue weighted by Crippen LogP contribution is 2.22. The molecule has 1 heterocycles. The molecule has 3 aromatic rings. The molecule has 0 bridgehead atoms. The number of hydrogen-bond donors (Lipinski definition) is 1. The fraction of sp³-hybridized carbons (Fsp3) is 0.167. The first-order valence-electron chi connectivity index (χ1n) is 8.11. The van der Waals surface area contributed by atoms with E-state index in [-0.39, 0.29) is 35.4 Å². The van der Waals surface area contributed by atoms with Crippen LogP contribution in [0.4, 0.5) is 6.01 Å². The molecule has 3 rings (SSSR count). The van der Waals surface area contributed by atoms with Crippen LogP contribution in [-0.2, 0) is 14.6 Å². The molecule has 27 heavy (non-hydrogen) atoms. The number of carbonyl (C=O) groups is 1.